The number of hydrogen-bond acceptors (Lipinski definition) is 2. The Morgan fingerprint density at radius 2 is 1.89 bits per heavy atom. The van der Waals surface area contributed by atoms with Gasteiger partial charge < -0.3 is 5.11 Å². The van der Waals surface area contributed by atoms with Gasteiger partial charge in [0, 0.05) is 18.0 Å². The van der Waals surface area contributed by atoms with Crippen molar-refractivity contribution in [2.24, 2.45) is 11.8 Å². The molecule has 1 aromatic carbocycles. The largest absolute Gasteiger partial charge is 0.480 e. The first-order valence-electron chi connectivity index (χ1n) is 6.57. The maximum atomic E-state index is 12.5. The SMILES string of the molecule is CC(C)C(C)C(=O)N1c2ccccc2CC1C(=O)O. The van der Waals surface area contributed by atoms with E-state index in [9.17, 15) is 14.7 Å². The Kier molecular flexibility index (Phi) is 3.60. The summed E-state index contributed by atoms with van der Waals surface area (Å²) in [5.74, 6) is -1.05. The molecule has 102 valence electrons. The van der Waals surface area contributed by atoms with Crippen LogP contribution in [-0.2, 0) is 16.0 Å². The first-order valence-corrected chi connectivity index (χ1v) is 6.57. The molecule has 1 aromatic rings. The first-order chi connectivity index (χ1) is 8.93. The number of amides is 1. The Balaban J connectivity index is 2.39. The van der Waals surface area contributed by atoms with Gasteiger partial charge in [-0.2, -0.15) is 0 Å². The van der Waals surface area contributed by atoms with Crippen molar-refractivity contribution < 1.29 is 14.7 Å². The fourth-order valence-electron chi connectivity index (χ4n) is 2.36. The normalized spacial score (nSPS) is 19.4. The molecule has 1 heterocycles. The summed E-state index contributed by atoms with van der Waals surface area (Å²) in [6.07, 6.45) is 0.391. The van der Waals surface area contributed by atoms with Gasteiger partial charge in [0.05, 0.1) is 0 Å². The highest BCUT2D eigenvalue weighted by atomic mass is 16.4. The monoisotopic (exact) mass is 261 g/mol. The van der Waals surface area contributed by atoms with E-state index in [-0.39, 0.29) is 17.7 Å². The van der Waals surface area contributed by atoms with E-state index in [1.54, 1.807) is 0 Å². The molecule has 19 heavy (non-hydrogen) atoms. The summed E-state index contributed by atoms with van der Waals surface area (Å²) in [7, 11) is 0. The third-order valence-corrected chi connectivity index (χ3v) is 3.89. The molecule has 2 unspecified atom stereocenters. The van der Waals surface area contributed by atoms with E-state index in [2.05, 4.69) is 0 Å². The lowest BCUT2D eigenvalue weighted by Crippen LogP contribution is -2.46. The molecule has 0 fully saturated rings. The Labute approximate surface area is 113 Å². The third-order valence-electron chi connectivity index (χ3n) is 3.89. The van der Waals surface area contributed by atoms with E-state index in [1.165, 1.54) is 4.90 Å². The van der Waals surface area contributed by atoms with Gasteiger partial charge in [-0.3, -0.25) is 9.69 Å². The van der Waals surface area contributed by atoms with Gasteiger partial charge in [-0.15, -0.1) is 0 Å². The van der Waals surface area contributed by atoms with E-state index < -0.39 is 12.0 Å². The number of carbonyl (C=O) groups excluding carboxylic acids is 1. The second-order valence-corrected chi connectivity index (χ2v) is 5.43. The molecule has 2 atom stereocenters. The number of aliphatic carboxylic acids is 1. The van der Waals surface area contributed by atoms with Crippen LogP contribution in [0.4, 0.5) is 5.69 Å². The molecule has 4 nitrogen and oxygen atoms in total. The van der Waals surface area contributed by atoms with E-state index in [1.807, 2.05) is 45.0 Å². The molecule has 0 radical (unpaired) electrons. The zero-order valence-electron chi connectivity index (χ0n) is 11.5. The Hall–Kier alpha value is -1.84. The number of para-hydroxylation sites is 1. The van der Waals surface area contributed by atoms with Gasteiger partial charge >= 0.3 is 5.97 Å². The van der Waals surface area contributed by atoms with Crippen LogP contribution in [0.2, 0.25) is 0 Å². The van der Waals surface area contributed by atoms with Gasteiger partial charge in [0.15, 0.2) is 0 Å². The molecular formula is C15H19NO3. The van der Waals surface area contributed by atoms with Crippen molar-refractivity contribution in [2.75, 3.05) is 4.90 Å². The summed E-state index contributed by atoms with van der Waals surface area (Å²) in [6, 6.07) is 6.65. The summed E-state index contributed by atoms with van der Waals surface area (Å²) in [4.78, 5) is 25.4. The van der Waals surface area contributed by atoms with Gasteiger partial charge in [-0.05, 0) is 17.5 Å². The van der Waals surface area contributed by atoms with E-state index in [4.69, 9.17) is 0 Å². The van der Waals surface area contributed by atoms with Crippen LogP contribution in [0.1, 0.15) is 26.3 Å². The Bertz CT molecular complexity index is 510. The number of carbonyl (C=O) groups is 2. The molecular weight excluding hydrogens is 242 g/mol. The highest BCUT2D eigenvalue weighted by Gasteiger charge is 2.40. The maximum Gasteiger partial charge on any atom is 0.327 e. The number of carboxylic acids is 1. The predicted octanol–water partition coefficient (Wildman–Crippen LogP) is 2.32. The highest BCUT2D eigenvalue weighted by molar-refractivity contribution is 6.02. The van der Waals surface area contributed by atoms with Crippen molar-refractivity contribution in [3.63, 3.8) is 0 Å². The van der Waals surface area contributed by atoms with Gasteiger partial charge in [-0.1, -0.05) is 39.0 Å². The van der Waals surface area contributed by atoms with Crippen molar-refractivity contribution in [2.45, 2.75) is 33.2 Å². The van der Waals surface area contributed by atoms with Crippen LogP contribution >= 0.6 is 0 Å². The van der Waals surface area contributed by atoms with Gasteiger partial charge in [0.25, 0.3) is 0 Å². The van der Waals surface area contributed by atoms with Crippen molar-refractivity contribution >= 4 is 17.6 Å². The second kappa shape index (κ2) is 5.03. The van der Waals surface area contributed by atoms with E-state index in [0.717, 1.165) is 11.3 Å². The Morgan fingerprint density at radius 1 is 1.26 bits per heavy atom. The molecule has 1 aliphatic heterocycles. The number of anilines is 1. The predicted molar refractivity (Wildman–Crippen MR) is 73.1 cm³/mol. The minimum atomic E-state index is -0.944. The molecule has 0 aliphatic carbocycles. The van der Waals surface area contributed by atoms with Crippen LogP contribution in [0.15, 0.2) is 24.3 Å². The lowest BCUT2D eigenvalue weighted by Gasteiger charge is -2.27. The molecule has 0 spiro atoms. The molecule has 2 rings (SSSR count). The third kappa shape index (κ3) is 2.35. The molecule has 1 N–H and O–H groups in total. The van der Waals surface area contributed by atoms with Crippen molar-refractivity contribution in [3.8, 4) is 0 Å². The summed E-state index contributed by atoms with van der Waals surface area (Å²) >= 11 is 0. The molecule has 1 aliphatic rings. The van der Waals surface area contributed by atoms with Crippen LogP contribution in [-0.4, -0.2) is 23.0 Å². The van der Waals surface area contributed by atoms with Crippen molar-refractivity contribution in [1.29, 1.82) is 0 Å². The highest BCUT2D eigenvalue weighted by Crippen LogP contribution is 2.34. The average molecular weight is 261 g/mol. The summed E-state index contributed by atoms with van der Waals surface area (Å²) < 4.78 is 0. The number of nitrogens with zero attached hydrogens (tertiary/aromatic N) is 1. The molecule has 0 aromatic heterocycles. The zero-order chi connectivity index (χ0) is 14.2. The summed E-state index contributed by atoms with van der Waals surface area (Å²) in [5.41, 5.74) is 1.67. The van der Waals surface area contributed by atoms with E-state index in [0.29, 0.717) is 6.42 Å². The molecule has 0 saturated carbocycles. The van der Waals surface area contributed by atoms with Crippen molar-refractivity contribution in [3.05, 3.63) is 29.8 Å². The van der Waals surface area contributed by atoms with Crippen molar-refractivity contribution in [1.82, 2.24) is 0 Å². The minimum absolute atomic E-state index is 0.104. The first kappa shape index (κ1) is 13.6. The van der Waals surface area contributed by atoms with Crippen LogP contribution in [0.5, 0.6) is 0 Å². The van der Waals surface area contributed by atoms with Gasteiger partial charge in [0.1, 0.15) is 6.04 Å². The Morgan fingerprint density at radius 3 is 2.47 bits per heavy atom. The van der Waals surface area contributed by atoms with Crippen LogP contribution in [0.25, 0.3) is 0 Å². The number of rotatable bonds is 3. The van der Waals surface area contributed by atoms with Crippen LogP contribution < -0.4 is 4.90 Å². The topological polar surface area (TPSA) is 57.6 Å². The number of hydrogen-bond donors (Lipinski definition) is 1. The second-order valence-electron chi connectivity index (χ2n) is 5.43. The zero-order valence-corrected chi connectivity index (χ0v) is 11.5. The van der Waals surface area contributed by atoms with Crippen LogP contribution in [0, 0.1) is 11.8 Å². The number of carboxylic acid groups (broad SMARTS) is 1. The van der Waals surface area contributed by atoms with Gasteiger partial charge in [0.2, 0.25) is 5.91 Å². The number of benzene rings is 1. The average Bonchev–Trinajstić information content (AvgIpc) is 2.76. The molecule has 1 amide bonds. The lowest BCUT2D eigenvalue weighted by molar-refractivity contribution is -0.140. The standard InChI is InChI=1S/C15H19NO3/c1-9(2)10(3)14(17)16-12-7-5-4-6-11(12)8-13(16)15(18)19/h4-7,9-10,13H,8H2,1-3H3,(H,18,19). The fourth-order valence-corrected chi connectivity index (χ4v) is 2.36. The smallest absolute Gasteiger partial charge is 0.327 e. The fraction of sp³-hybridized carbons (Fsp3) is 0.467. The minimum Gasteiger partial charge on any atom is -0.480 e. The summed E-state index contributed by atoms with van der Waals surface area (Å²) in [5, 5.41) is 9.33. The number of fused-ring (bicyclic) bond motifs is 1. The quantitative estimate of drug-likeness (QED) is 0.908. The van der Waals surface area contributed by atoms with Gasteiger partial charge in [-0.25, -0.2) is 4.79 Å². The maximum absolute atomic E-state index is 12.5. The molecule has 0 bridgehead atoms. The molecule has 0 saturated heterocycles. The van der Waals surface area contributed by atoms with E-state index >= 15 is 0 Å². The summed E-state index contributed by atoms with van der Waals surface area (Å²) in [6.45, 7) is 5.80. The van der Waals surface area contributed by atoms with Crippen LogP contribution in [0.3, 0.4) is 0 Å². The molecule has 4 heteroatoms. The lowest BCUT2D eigenvalue weighted by atomic mass is 9.96.